The number of ketones is 1. The third kappa shape index (κ3) is 7.41. The second-order valence-corrected chi connectivity index (χ2v) is 9.98. The molecule has 3 rings (SSSR count). The van der Waals surface area contributed by atoms with Crippen LogP contribution in [-0.2, 0) is 28.5 Å². The second-order valence-electron chi connectivity index (χ2n) is 7.98. The minimum atomic E-state index is -0.937. The lowest BCUT2D eigenvalue weighted by atomic mass is 10.0. The van der Waals surface area contributed by atoms with Crippen LogP contribution >= 0.6 is 27.7 Å². The largest absolute Gasteiger partial charge is 0.466 e. The highest BCUT2D eigenvalue weighted by Gasteiger charge is 2.31. The molecule has 0 fully saturated rings. The van der Waals surface area contributed by atoms with Crippen LogP contribution in [0.3, 0.4) is 0 Å². The maximum atomic E-state index is 13.8. The summed E-state index contributed by atoms with van der Waals surface area (Å²) in [7, 11) is 4.58. The molecule has 41 heavy (non-hydrogen) atoms. The molecule has 2 aromatic carbocycles. The number of halogens is 1. The number of carbonyl (C=O) groups excluding carboxylic acids is 5. The van der Waals surface area contributed by atoms with Gasteiger partial charge in [-0.2, -0.15) is 0 Å². The van der Waals surface area contributed by atoms with Gasteiger partial charge in [-0.25, -0.2) is 19.2 Å². The Bertz CT molecular complexity index is 1540. The van der Waals surface area contributed by atoms with Crippen molar-refractivity contribution in [1.29, 1.82) is 0 Å². The van der Waals surface area contributed by atoms with E-state index in [-0.39, 0.29) is 27.3 Å². The van der Waals surface area contributed by atoms with Gasteiger partial charge in [0.2, 0.25) is 5.78 Å². The number of benzene rings is 2. The molecule has 0 radical (unpaired) electrons. The van der Waals surface area contributed by atoms with Crippen molar-refractivity contribution in [1.82, 2.24) is 4.57 Å². The molecule has 0 bridgehead atoms. The number of rotatable bonds is 10. The van der Waals surface area contributed by atoms with E-state index in [2.05, 4.69) is 20.7 Å². The average Bonchev–Trinajstić information content (AvgIpc) is 3.38. The van der Waals surface area contributed by atoms with E-state index in [0.29, 0.717) is 10.5 Å². The van der Waals surface area contributed by atoms with E-state index in [0.717, 1.165) is 50.7 Å². The molecular formula is C29H24BrNO9S. The predicted molar refractivity (Wildman–Crippen MR) is 155 cm³/mol. The Balaban J connectivity index is 2.36. The van der Waals surface area contributed by atoms with Gasteiger partial charge in [0.05, 0.1) is 34.0 Å². The van der Waals surface area contributed by atoms with E-state index in [1.165, 1.54) is 17.0 Å². The normalized spacial score (nSPS) is 11.4. The molecule has 0 saturated heterocycles. The molecule has 0 spiro atoms. The molecule has 212 valence electrons. The van der Waals surface area contributed by atoms with Gasteiger partial charge in [-0.15, -0.1) is 0 Å². The summed E-state index contributed by atoms with van der Waals surface area (Å²) in [5.74, 6) is -4.02. The molecular weight excluding hydrogens is 618 g/mol. The Kier molecular flexibility index (Phi) is 10.8. The fourth-order valence-corrected chi connectivity index (χ4v) is 4.82. The summed E-state index contributed by atoms with van der Waals surface area (Å²) in [4.78, 5) is 64.3. The molecule has 0 aliphatic carbocycles. The maximum absolute atomic E-state index is 13.8. The molecule has 0 atom stereocenters. The van der Waals surface area contributed by atoms with Crippen LogP contribution in [0.15, 0.2) is 76.2 Å². The zero-order valence-electron chi connectivity index (χ0n) is 22.3. The molecule has 0 aliphatic rings. The van der Waals surface area contributed by atoms with E-state index in [1.807, 2.05) is 0 Å². The monoisotopic (exact) mass is 641 g/mol. The highest BCUT2D eigenvalue weighted by Crippen LogP contribution is 2.36. The first-order valence-electron chi connectivity index (χ1n) is 11.7. The molecule has 0 saturated carbocycles. The van der Waals surface area contributed by atoms with E-state index >= 15 is 0 Å². The number of esters is 4. The van der Waals surface area contributed by atoms with Gasteiger partial charge in [0.25, 0.3) is 0 Å². The van der Waals surface area contributed by atoms with Crippen LogP contribution in [0.25, 0.3) is 11.1 Å². The van der Waals surface area contributed by atoms with E-state index in [9.17, 15) is 24.0 Å². The molecule has 0 N–H and O–H groups in total. The Morgan fingerprint density at radius 3 is 1.98 bits per heavy atom. The zero-order valence-corrected chi connectivity index (χ0v) is 24.7. The number of thioether (sulfide) groups is 1. The first kappa shape index (κ1) is 31.1. The van der Waals surface area contributed by atoms with E-state index < -0.39 is 29.7 Å². The topological polar surface area (TPSA) is 127 Å². The number of nitrogens with zero attached hydrogens (tertiary/aromatic N) is 1. The summed E-state index contributed by atoms with van der Waals surface area (Å²) in [5.41, 5.74) is 0.0839. The van der Waals surface area contributed by atoms with Crippen molar-refractivity contribution in [2.45, 2.75) is 0 Å². The van der Waals surface area contributed by atoms with Crippen LogP contribution in [0.5, 0.6) is 0 Å². The first-order valence-corrected chi connectivity index (χ1v) is 13.3. The maximum Gasteiger partial charge on any atom is 0.344 e. The van der Waals surface area contributed by atoms with E-state index in [4.69, 9.17) is 14.2 Å². The average molecular weight is 642 g/mol. The smallest absolute Gasteiger partial charge is 0.344 e. The molecule has 0 amide bonds. The number of aromatic nitrogens is 1. The van der Waals surface area contributed by atoms with Crippen LogP contribution in [0.2, 0.25) is 0 Å². The van der Waals surface area contributed by atoms with Crippen LogP contribution in [0.4, 0.5) is 0 Å². The van der Waals surface area contributed by atoms with Crippen molar-refractivity contribution in [2.24, 2.45) is 0 Å². The summed E-state index contributed by atoms with van der Waals surface area (Å²) in [5, 5.41) is 0. The number of hydrogen-bond donors (Lipinski definition) is 0. The van der Waals surface area contributed by atoms with Gasteiger partial charge in [0, 0.05) is 33.4 Å². The van der Waals surface area contributed by atoms with Crippen LogP contribution < -0.4 is 0 Å². The van der Waals surface area contributed by atoms with Crippen LogP contribution in [-0.4, -0.2) is 62.7 Å². The lowest BCUT2D eigenvalue weighted by molar-refractivity contribution is -0.137. The Morgan fingerprint density at radius 1 is 0.780 bits per heavy atom. The van der Waals surface area contributed by atoms with E-state index in [1.54, 1.807) is 54.6 Å². The molecule has 0 unspecified atom stereocenters. The van der Waals surface area contributed by atoms with Gasteiger partial charge in [0.15, 0.2) is 0 Å². The van der Waals surface area contributed by atoms with Crippen molar-refractivity contribution < 1.29 is 42.9 Å². The summed E-state index contributed by atoms with van der Waals surface area (Å²) >= 11 is 4.18. The number of methoxy groups -OCH3 is 4. The van der Waals surface area contributed by atoms with Crippen LogP contribution in [0, 0.1) is 0 Å². The SMILES string of the molecule is COC(=O)/C=C(\S/C(=C\n1cc(C(=O)OC)c(C(=O)OC)c1C(=O)c1ccc(Br)cc1)c1ccccc1)C(=O)OC. The fraction of sp³-hybridized carbons (Fsp3) is 0.138. The lowest BCUT2D eigenvalue weighted by Gasteiger charge is -2.12. The van der Waals surface area contributed by atoms with Gasteiger partial charge < -0.3 is 23.5 Å². The van der Waals surface area contributed by atoms with Crippen molar-refractivity contribution >= 4 is 68.5 Å². The summed E-state index contributed by atoms with van der Waals surface area (Å²) in [6.07, 6.45) is 3.67. The minimum Gasteiger partial charge on any atom is -0.466 e. The van der Waals surface area contributed by atoms with Gasteiger partial charge in [0.1, 0.15) is 16.2 Å². The summed E-state index contributed by atoms with van der Waals surface area (Å²) in [6.45, 7) is 0. The van der Waals surface area contributed by atoms with Crippen LogP contribution in [0.1, 0.15) is 42.3 Å². The molecule has 1 heterocycles. The van der Waals surface area contributed by atoms with Crippen molar-refractivity contribution in [2.75, 3.05) is 28.4 Å². The zero-order chi connectivity index (χ0) is 30.1. The van der Waals surface area contributed by atoms with Gasteiger partial charge in [-0.05, 0) is 29.8 Å². The third-order valence-corrected chi connectivity index (χ3v) is 7.11. The second kappa shape index (κ2) is 14.3. The Labute approximate surface area is 248 Å². The third-order valence-electron chi connectivity index (χ3n) is 5.52. The quantitative estimate of drug-likeness (QED) is 0.129. The summed E-state index contributed by atoms with van der Waals surface area (Å²) in [6, 6.07) is 15.1. The van der Waals surface area contributed by atoms with Crippen molar-refractivity contribution in [3.63, 3.8) is 0 Å². The molecule has 3 aromatic rings. The van der Waals surface area contributed by atoms with Gasteiger partial charge in [-0.1, -0.05) is 58.0 Å². The highest BCUT2D eigenvalue weighted by molar-refractivity contribution is 9.10. The van der Waals surface area contributed by atoms with Crippen molar-refractivity contribution in [3.8, 4) is 0 Å². The standard InChI is InChI=1S/C29H24BrNO9S/c1-37-23(32)14-21(28(35)39-3)41-22(17-8-6-5-7-9-17)16-31-15-20(27(34)38-2)24(29(36)40-4)25(31)26(33)18-10-12-19(30)13-11-18/h5-16H,1-4H3/b21-14-,22-16-. The summed E-state index contributed by atoms with van der Waals surface area (Å²) < 4.78 is 21.3. The fourth-order valence-electron chi connectivity index (χ4n) is 3.57. The molecule has 12 heteroatoms. The Morgan fingerprint density at radius 2 is 1.41 bits per heavy atom. The predicted octanol–water partition coefficient (Wildman–Crippen LogP) is 4.97. The Hall–Kier alpha value is -4.42. The molecule has 1 aromatic heterocycles. The van der Waals surface area contributed by atoms with Gasteiger partial charge >= 0.3 is 23.9 Å². The first-order chi connectivity index (χ1) is 19.6. The lowest BCUT2D eigenvalue weighted by Crippen LogP contribution is -2.16. The number of carbonyl (C=O) groups is 5. The molecule has 0 aliphatic heterocycles. The highest BCUT2D eigenvalue weighted by atomic mass is 79.9. The number of hydrogen-bond acceptors (Lipinski definition) is 10. The van der Waals surface area contributed by atoms with Gasteiger partial charge in [-0.3, -0.25) is 4.79 Å². The number of ether oxygens (including phenoxy) is 4. The minimum absolute atomic E-state index is 0.122. The van der Waals surface area contributed by atoms with Crippen molar-refractivity contribution in [3.05, 3.63) is 104 Å². The molecule has 10 nitrogen and oxygen atoms in total.